The van der Waals surface area contributed by atoms with Gasteiger partial charge in [-0.15, -0.1) is 0 Å². The maximum atomic E-state index is 13.2. The van der Waals surface area contributed by atoms with Gasteiger partial charge >= 0.3 is 0 Å². The highest BCUT2D eigenvalue weighted by Crippen LogP contribution is 2.32. The molecule has 0 spiro atoms. The number of carbonyl (C=O) groups is 2. The Balaban J connectivity index is 1.30. The zero-order valence-corrected chi connectivity index (χ0v) is 16.3. The molecule has 0 saturated heterocycles. The van der Waals surface area contributed by atoms with Crippen LogP contribution in [-0.2, 0) is 11.3 Å². The van der Waals surface area contributed by atoms with Crippen LogP contribution in [0.15, 0.2) is 54.1 Å². The van der Waals surface area contributed by atoms with E-state index in [2.05, 4.69) is 5.32 Å². The highest BCUT2D eigenvalue weighted by atomic mass is 16.5. The fourth-order valence-electron chi connectivity index (χ4n) is 3.63. The molecule has 0 aromatic heterocycles. The van der Waals surface area contributed by atoms with Gasteiger partial charge in [0.25, 0.3) is 11.8 Å². The third kappa shape index (κ3) is 4.04. The van der Waals surface area contributed by atoms with Crippen molar-refractivity contribution < 1.29 is 14.3 Å². The number of para-hydroxylation sites is 1. The maximum absolute atomic E-state index is 13.2. The number of ether oxygens (including phenoxy) is 1. The minimum Gasteiger partial charge on any atom is -0.488 e. The number of benzene rings is 2. The standard InChI is InChI=1S/C24H24N2O3/c27-23(25-20-9-10-20)17-7-5-16(6-8-17)14-26(21-11-12-21)24(28)19-13-18-3-1-2-4-22(18)29-15-19/h1-8,13,20-21H,9-12,14-15H2,(H,25,27). The summed E-state index contributed by atoms with van der Waals surface area (Å²) in [6, 6.07) is 16.0. The van der Waals surface area contributed by atoms with Gasteiger partial charge in [-0.25, -0.2) is 0 Å². The van der Waals surface area contributed by atoms with Crippen LogP contribution in [0.3, 0.4) is 0 Å². The van der Waals surface area contributed by atoms with E-state index in [1.807, 2.05) is 59.5 Å². The van der Waals surface area contributed by atoms with Crippen LogP contribution in [0, 0.1) is 0 Å². The lowest BCUT2D eigenvalue weighted by molar-refractivity contribution is -0.128. The molecule has 5 nitrogen and oxygen atoms in total. The summed E-state index contributed by atoms with van der Waals surface area (Å²) in [5.74, 6) is 0.844. The number of hydrogen-bond donors (Lipinski definition) is 1. The summed E-state index contributed by atoms with van der Waals surface area (Å²) in [6.45, 7) is 0.854. The van der Waals surface area contributed by atoms with E-state index in [0.717, 1.165) is 42.6 Å². The Bertz CT molecular complexity index is 972. The number of nitrogens with zero attached hydrogens (tertiary/aromatic N) is 1. The molecule has 2 aromatic rings. The van der Waals surface area contributed by atoms with Gasteiger partial charge in [0.05, 0.1) is 5.57 Å². The predicted octanol–water partition coefficient (Wildman–Crippen LogP) is 3.55. The molecule has 1 heterocycles. The SMILES string of the molecule is O=C(NC1CC1)c1ccc(CN(C(=O)C2=Cc3ccccc3OC2)C2CC2)cc1. The minimum atomic E-state index is -0.0163. The summed E-state index contributed by atoms with van der Waals surface area (Å²) in [4.78, 5) is 27.3. The van der Waals surface area contributed by atoms with Gasteiger partial charge in [-0.2, -0.15) is 0 Å². The van der Waals surface area contributed by atoms with E-state index in [0.29, 0.717) is 36.4 Å². The Morgan fingerprint density at radius 3 is 2.48 bits per heavy atom. The van der Waals surface area contributed by atoms with E-state index in [1.54, 1.807) is 0 Å². The first-order valence-electron chi connectivity index (χ1n) is 10.3. The van der Waals surface area contributed by atoms with Crippen molar-refractivity contribution in [3.8, 4) is 5.75 Å². The van der Waals surface area contributed by atoms with E-state index in [9.17, 15) is 9.59 Å². The number of rotatable bonds is 6. The van der Waals surface area contributed by atoms with Crippen LogP contribution >= 0.6 is 0 Å². The zero-order chi connectivity index (χ0) is 19.8. The van der Waals surface area contributed by atoms with E-state index >= 15 is 0 Å². The monoisotopic (exact) mass is 388 g/mol. The fourth-order valence-corrected chi connectivity index (χ4v) is 3.63. The van der Waals surface area contributed by atoms with Gasteiger partial charge in [-0.3, -0.25) is 9.59 Å². The average Bonchev–Trinajstić information content (AvgIpc) is 3.67. The first-order chi connectivity index (χ1) is 14.2. The molecule has 1 aliphatic heterocycles. The first-order valence-corrected chi connectivity index (χ1v) is 10.3. The maximum Gasteiger partial charge on any atom is 0.253 e. The number of fused-ring (bicyclic) bond motifs is 1. The van der Waals surface area contributed by atoms with Crippen molar-refractivity contribution in [2.24, 2.45) is 0 Å². The molecule has 2 aliphatic carbocycles. The highest BCUT2D eigenvalue weighted by molar-refractivity contribution is 5.99. The van der Waals surface area contributed by atoms with Crippen LogP contribution in [0.5, 0.6) is 5.75 Å². The van der Waals surface area contributed by atoms with Gasteiger partial charge in [0.2, 0.25) is 0 Å². The molecule has 148 valence electrons. The smallest absolute Gasteiger partial charge is 0.253 e. The second-order valence-electron chi connectivity index (χ2n) is 8.10. The van der Waals surface area contributed by atoms with Crippen LogP contribution in [0.1, 0.15) is 47.2 Å². The second-order valence-corrected chi connectivity index (χ2v) is 8.10. The van der Waals surface area contributed by atoms with Gasteiger partial charge in [0, 0.05) is 29.8 Å². The number of carbonyl (C=O) groups excluding carboxylic acids is 2. The Morgan fingerprint density at radius 1 is 1.00 bits per heavy atom. The van der Waals surface area contributed by atoms with Gasteiger partial charge in [-0.1, -0.05) is 30.3 Å². The summed E-state index contributed by atoms with van der Waals surface area (Å²) >= 11 is 0. The minimum absolute atomic E-state index is 0.0163. The lowest BCUT2D eigenvalue weighted by Crippen LogP contribution is -2.35. The molecule has 0 atom stereocenters. The molecule has 1 N–H and O–H groups in total. The van der Waals surface area contributed by atoms with E-state index in [-0.39, 0.29) is 11.8 Å². The molecular weight excluding hydrogens is 364 g/mol. The Kier molecular flexibility index (Phi) is 4.58. The fraction of sp³-hybridized carbons (Fsp3) is 0.333. The Hall–Kier alpha value is -3.08. The number of hydrogen-bond acceptors (Lipinski definition) is 3. The molecular formula is C24H24N2O3. The van der Waals surface area contributed by atoms with Gasteiger partial charge < -0.3 is 15.0 Å². The summed E-state index contributed by atoms with van der Waals surface area (Å²) in [5, 5.41) is 3.00. The molecule has 2 amide bonds. The molecule has 5 heteroatoms. The van der Waals surface area contributed by atoms with Crippen LogP contribution < -0.4 is 10.1 Å². The molecule has 5 rings (SSSR count). The molecule has 2 fully saturated rings. The molecule has 3 aliphatic rings. The summed E-state index contributed by atoms with van der Waals surface area (Å²) in [5.41, 5.74) is 3.34. The van der Waals surface area contributed by atoms with Crippen LogP contribution in [0.25, 0.3) is 6.08 Å². The number of amides is 2. The Morgan fingerprint density at radius 2 is 1.76 bits per heavy atom. The summed E-state index contributed by atoms with van der Waals surface area (Å²) in [6.07, 6.45) is 6.18. The summed E-state index contributed by atoms with van der Waals surface area (Å²) < 4.78 is 5.78. The van der Waals surface area contributed by atoms with Crippen molar-refractivity contribution in [2.75, 3.05) is 6.61 Å². The van der Waals surface area contributed by atoms with Gasteiger partial charge in [-0.05, 0) is 55.5 Å². The van der Waals surface area contributed by atoms with Crippen molar-refractivity contribution in [2.45, 2.75) is 44.3 Å². The lowest BCUT2D eigenvalue weighted by atomic mass is 10.1. The summed E-state index contributed by atoms with van der Waals surface area (Å²) in [7, 11) is 0. The van der Waals surface area contributed by atoms with Crippen molar-refractivity contribution in [1.82, 2.24) is 10.2 Å². The lowest BCUT2D eigenvalue weighted by Gasteiger charge is -2.26. The molecule has 2 aromatic carbocycles. The van der Waals surface area contributed by atoms with Crippen molar-refractivity contribution in [1.29, 1.82) is 0 Å². The van der Waals surface area contributed by atoms with Gasteiger partial charge in [0.1, 0.15) is 12.4 Å². The molecule has 0 bridgehead atoms. The largest absolute Gasteiger partial charge is 0.488 e. The average molecular weight is 388 g/mol. The van der Waals surface area contributed by atoms with Crippen molar-refractivity contribution >= 4 is 17.9 Å². The predicted molar refractivity (Wildman–Crippen MR) is 110 cm³/mol. The molecule has 0 unspecified atom stereocenters. The van der Waals surface area contributed by atoms with E-state index in [4.69, 9.17) is 4.74 Å². The third-order valence-corrected chi connectivity index (χ3v) is 5.64. The van der Waals surface area contributed by atoms with Crippen molar-refractivity contribution in [3.05, 3.63) is 70.8 Å². The molecule has 0 radical (unpaired) electrons. The van der Waals surface area contributed by atoms with Gasteiger partial charge in [0.15, 0.2) is 0 Å². The van der Waals surface area contributed by atoms with Crippen LogP contribution in [-0.4, -0.2) is 35.4 Å². The van der Waals surface area contributed by atoms with Crippen molar-refractivity contribution in [3.63, 3.8) is 0 Å². The molecule has 29 heavy (non-hydrogen) atoms. The normalized spacial score (nSPS) is 17.6. The first kappa shape index (κ1) is 18.0. The second kappa shape index (κ2) is 7.39. The quantitative estimate of drug-likeness (QED) is 0.823. The van der Waals surface area contributed by atoms with E-state index < -0.39 is 0 Å². The number of nitrogens with one attached hydrogen (secondary N) is 1. The van der Waals surface area contributed by atoms with Crippen LogP contribution in [0.4, 0.5) is 0 Å². The third-order valence-electron chi connectivity index (χ3n) is 5.64. The molecule has 2 saturated carbocycles. The van der Waals surface area contributed by atoms with Crippen LogP contribution in [0.2, 0.25) is 0 Å². The van der Waals surface area contributed by atoms with E-state index in [1.165, 1.54) is 0 Å². The topological polar surface area (TPSA) is 58.6 Å². The zero-order valence-electron chi connectivity index (χ0n) is 16.3. The highest BCUT2D eigenvalue weighted by Gasteiger charge is 2.34. The Labute approximate surface area is 170 Å².